The highest BCUT2D eigenvalue weighted by atomic mass is 32.1. The number of fused-ring (bicyclic) bond motifs is 1. The molecular formula is C16H22N4S. The van der Waals surface area contributed by atoms with Crippen LogP contribution in [-0.2, 0) is 0 Å². The summed E-state index contributed by atoms with van der Waals surface area (Å²) < 4.78 is 0. The molecule has 2 aliphatic rings. The van der Waals surface area contributed by atoms with Gasteiger partial charge in [-0.25, -0.2) is 9.97 Å². The summed E-state index contributed by atoms with van der Waals surface area (Å²) >= 11 is 1.77. The van der Waals surface area contributed by atoms with Gasteiger partial charge in [0.15, 0.2) is 0 Å². The highest BCUT2D eigenvalue weighted by molar-refractivity contribution is 7.18. The summed E-state index contributed by atoms with van der Waals surface area (Å²) in [6, 6.07) is 2.26. The molecular weight excluding hydrogens is 280 g/mol. The smallest absolute Gasteiger partial charge is 0.141 e. The minimum Gasteiger partial charge on any atom is -0.348 e. The molecule has 5 heteroatoms. The fourth-order valence-electron chi connectivity index (χ4n) is 4.01. The molecule has 0 atom stereocenters. The molecule has 4 rings (SSSR count). The van der Waals surface area contributed by atoms with E-state index < -0.39 is 0 Å². The van der Waals surface area contributed by atoms with Gasteiger partial charge in [-0.3, -0.25) is 0 Å². The number of hydrogen-bond acceptors (Lipinski definition) is 5. The Morgan fingerprint density at radius 2 is 2.10 bits per heavy atom. The van der Waals surface area contributed by atoms with Crippen molar-refractivity contribution in [2.75, 3.05) is 24.5 Å². The Balaban J connectivity index is 1.81. The predicted octanol–water partition coefficient (Wildman–Crippen LogP) is 3.11. The molecule has 0 unspecified atom stereocenters. The summed E-state index contributed by atoms with van der Waals surface area (Å²) in [5.41, 5.74) is 0.271. The molecule has 0 bridgehead atoms. The summed E-state index contributed by atoms with van der Waals surface area (Å²) in [4.78, 5) is 14.2. The van der Waals surface area contributed by atoms with Crippen LogP contribution in [0.25, 0.3) is 10.2 Å². The Bertz CT molecular complexity index is 636. The van der Waals surface area contributed by atoms with Gasteiger partial charge in [0.2, 0.25) is 0 Å². The Morgan fingerprint density at radius 3 is 2.95 bits per heavy atom. The predicted molar refractivity (Wildman–Crippen MR) is 88.2 cm³/mol. The molecule has 0 radical (unpaired) electrons. The summed E-state index contributed by atoms with van der Waals surface area (Å²) in [5.74, 6) is 1.16. The van der Waals surface area contributed by atoms with Gasteiger partial charge < -0.3 is 10.2 Å². The highest BCUT2D eigenvalue weighted by Gasteiger charge is 2.41. The molecule has 2 fully saturated rings. The molecule has 2 aromatic rings. The van der Waals surface area contributed by atoms with Crippen molar-refractivity contribution in [3.63, 3.8) is 0 Å². The summed E-state index contributed by atoms with van der Waals surface area (Å²) in [6.45, 7) is 5.36. The summed E-state index contributed by atoms with van der Waals surface area (Å²) in [6.07, 6.45) is 8.38. The SMILES string of the molecule is Cc1cc2c(N3CCNCC34CCCCC4)ncnc2s1. The lowest BCUT2D eigenvalue weighted by atomic mass is 9.79. The molecule has 1 saturated heterocycles. The normalized spacial score (nSPS) is 22.0. The Hall–Kier alpha value is -1.20. The van der Waals surface area contributed by atoms with Crippen LogP contribution in [0.15, 0.2) is 12.4 Å². The van der Waals surface area contributed by atoms with Crippen LogP contribution in [0.2, 0.25) is 0 Å². The van der Waals surface area contributed by atoms with Crippen molar-refractivity contribution in [1.82, 2.24) is 15.3 Å². The van der Waals surface area contributed by atoms with Crippen molar-refractivity contribution in [1.29, 1.82) is 0 Å². The zero-order chi connectivity index (χ0) is 14.3. The van der Waals surface area contributed by atoms with Crippen LogP contribution < -0.4 is 10.2 Å². The van der Waals surface area contributed by atoms with Crippen molar-refractivity contribution >= 4 is 27.4 Å². The Morgan fingerprint density at radius 1 is 1.24 bits per heavy atom. The zero-order valence-electron chi connectivity index (χ0n) is 12.6. The van der Waals surface area contributed by atoms with E-state index in [1.807, 2.05) is 0 Å². The van der Waals surface area contributed by atoms with E-state index in [2.05, 4.69) is 33.2 Å². The first kappa shape index (κ1) is 13.5. The van der Waals surface area contributed by atoms with Crippen LogP contribution in [0.4, 0.5) is 5.82 Å². The number of nitrogens with zero attached hydrogens (tertiary/aromatic N) is 3. The van der Waals surface area contributed by atoms with Gasteiger partial charge in [-0.2, -0.15) is 0 Å². The van der Waals surface area contributed by atoms with E-state index in [0.717, 1.165) is 30.3 Å². The second-order valence-corrected chi connectivity index (χ2v) is 7.62. The number of aromatic nitrogens is 2. The van der Waals surface area contributed by atoms with Crippen LogP contribution in [0, 0.1) is 6.92 Å². The maximum Gasteiger partial charge on any atom is 0.141 e. The minimum atomic E-state index is 0.271. The van der Waals surface area contributed by atoms with Crippen LogP contribution in [0.3, 0.4) is 0 Å². The van der Waals surface area contributed by atoms with E-state index >= 15 is 0 Å². The topological polar surface area (TPSA) is 41.0 Å². The summed E-state index contributed by atoms with van der Waals surface area (Å²) in [7, 11) is 0. The number of aryl methyl sites for hydroxylation is 1. The van der Waals surface area contributed by atoms with E-state index in [-0.39, 0.29) is 5.54 Å². The number of thiophene rings is 1. The Labute approximate surface area is 129 Å². The number of anilines is 1. The number of rotatable bonds is 1. The molecule has 0 aromatic carbocycles. The molecule has 1 aliphatic heterocycles. The van der Waals surface area contributed by atoms with Crippen LogP contribution in [-0.4, -0.2) is 35.1 Å². The van der Waals surface area contributed by atoms with Gasteiger partial charge in [0.25, 0.3) is 0 Å². The van der Waals surface area contributed by atoms with Crippen LogP contribution in [0.5, 0.6) is 0 Å². The van der Waals surface area contributed by atoms with Gasteiger partial charge >= 0.3 is 0 Å². The third-order valence-corrected chi connectivity index (χ3v) is 5.97. The number of hydrogen-bond donors (Lipinski definition) is 1. The third-order valence-electron chi connectivity index (χ3n) is 5.01. The largest absolute Gasteiger partial charge is 0.348 e. The molecule has 3 heterocycles. The standard InChI is InChI=1S/C16H22N4S/c1-12-9-13-14(18-11-19-15(13)21-12)20-8-7-17-10-16(20)5-3-2-4-6-16/h9,11,17H,2-8,10H2,1H3. The molecule has 1 saturated carbocycles. The first-order valence-corrected chi connectivity index (χ1v) is 8.80. The molecule has 1 aliphatic carbocycles. The van der Waals surface area contributed by atoms with E-state index in [0.29, 0.717) is 0 Å². The fraction of sp³-hybridized carbons (Fsp3) is 0.625. The van der Waals surface area contributed by atoms with E-state index in [1.54, 1.807) is 17.7 Å². The van der Waals surface area contributed by atoms with E-state index in [1.165, 1.54) is 42.4 Å². The molecule has 112 valence electrons. The molecule has 1 N–H and O–H groups in total. The van der Waals surface area contributed by atoms with Crippen molar-refractivity contribution in [2.45, 2.75) is 44.6 Å². The van der Waals surface area contributed by atoms with E-state index in [9.17, 15) is 0 Å². The summed E-state index contributed by atoms with van der Waals surface area (Å²) in [5, 5.41) is 4.86. The lowest BCUT2D eigenvalue weighted by Gasteiger charge is -2.50. The van der Waals surface area contributed by atoms with Gasteiger partial charge in [0.05, 0.1) is 10.9 Å². The van der Waals surface area contributed by atoms with Gasteiger partial charge in [0.1, 0.15) is 17.0 Å². The van der Waals surface area contributed by atoms with Crippen molar-refractivity contribution < 1.29 is 0 Å². The second kappa shape index (κ2) is 5.21. The lowest BCUT2D eigenvalue weighted by molar-refractivity contribution is 0.240. The van der Waals surface area contributed by atoms with Crippen molar-refractivity contribution in [3.05, 3.63) is 17.3 Å². The van der Waals surface area contributed by atoms with Crippen molar-refractivity contribution in [2.24, 2.45) is 0 Å². The highest BCUT2D eigenvalue weighted by Crippen LogP contribution is 2.40. The maximum absolute atomic E-state index is 4.69. The monoisotopic (exact) mass is 302 g/mol. The van der Waals surface area contributed by atoms with Gasteiger partial charge in [0, 0.05) is 24.5 Å². The molecule has 21 heavy (non-hydrogen) atoms. The van der Waals surface area contributed by atoms with Gasteiger partial charge in [-0.1, -0.05) is 19.3 Å². The molecule has 1 spiro atoms. The van der Waals surface area contributed by atoms with Crippen LogP contribution in [0.1, 0.15) is 37.0 Å². The zero-order valence-corrected chi connectivity index (χ0v) is 13.4. The van der Waals surface area contributed by atoms with Gasteiger partial charge in [-0.05, 0) is 25.8 Å². The average Bonchev–Trinajstić information content (AvgIpc) is 2.89. The quantitative estimate of drug-likeness (QED) is 0.879. The average molecular weight is 302 g/mol. The number of piperazine rings is 1. The van der Waals surface area contributed by atoms with E-state index in [4.69, 9.17) is 0 Å². The first-order chi connectivity index (χ1) is 10.3. The number of nitrogens with one attached hydrogen (secondary N) is 1. The second-order valence-electron chi connectivity index (χ2n) is 6.39. The lowest BCUT2D eigenvalue weighted by Crippen LogP contribution is -2.62. The first-order valence-electron chi connectivity index (χ1n) is 7.98. The molecule has 2 aromatic heterocycles. The Kier molecular flexibility index (Phi) is 3.34. The van der Waals surface area contributed by atoms with Crippen LogP contribution >= 0.6 is 11.3 Å². The van der Waals surface area contributed by atoms with Gasteiger partial charge in [-0.15, -0.1) is 11.3 Å². The fourth-order valence-corrected chi connectivity index (χ4v) is 4.85. The molecule has 0 amide bonds. The maximum atomic E-state index is 4.69. The van der Waals surface area contributed by atoms with Crippen molar-refractivity contribution in [3.8, 4) is 0 Å². The molecule has 4 nitrogen and oxygen atoms in total. The third kappa shape index (κ3) is 2.23. The minimum absolute atomic E-state index is 0.271.